The van der Waals surface area contributed by atoms with Gasteiger partial charge in [0.2, 0.25) is 5.88 Å². The number of methoxy groups -OCH3 is 1. The van der Waals surface area contributed by atoms with E-state index in [9.17, 15) is 0 Å². The van der Waals surface area contributed by atoms with Gasteiger partial charge in [0.1, 0.15) is 19.0 Å². The first-order chi connectivity index (χ1) is 13.2. The summed E-state index contributed by atoms with van der Waals surface area (Å²) < 4.78 is 16.3. The predicted molar refractivity (Wildman–Crippen MR) is 122 cm³/mol. The van der Waals surface area contributed by atoms with Gasteiger partial charge in [-0.05, 0) is 24.6 Å². The summed E-state index contributed by atoms with van der Waals surface area (Å²) in [4.78, 5) is 8.52. The SMILES string of the molecule is CN=C(NCc1ccc(OCCOc2ccccc2)nc1)NC(C)COC.I. The molecular formula is C20H29IN4O3. The second kappa shape index (κ2) is 14.0. The summed E-state index contributed by atoms with van der Waals surface area (Å²) in [5, 5.41) is 6.50. The van der Waals surface area contributed by atoms with Crippen LogP contribution in [0.2, 0.25) is 0 Å². The van der Waals surface area contributed by atoms with Crippen LogP contribution < -0.4 is 20.1 Å². The Morgan fingerprint density at radius 3 is 2.50 bits per heavy atom. The van der Waals surface area contributed by atoms with Gasteiger partial charge < -0.3 is 24.8 Å². The van der Waals surface area contributed by atoms with E-state index in [2.05, 4.69) is 20.6 Å². The fourth-order valence-electron chi connectivity index (χ4n) is 2.33. The van der Waals surface area contributed by atoms with Crippen LogP contribution in [0.15, 0.2) is 53.7 Å². The highest BCUT2D eigenvalue weighted by molar-refractivity contribution is 14.0. The molecule has 0 aliphatic heterocycles. The molecule has 0 saturated carbocycles. The van der Waals surface area contributed by atoms with Gasteiger partial charge in [-0.1, -0.05) is 24.3 Å². The first kappa shape index (κ1) is 24.0. The normalized spacial score (nSPS) is 11.9. The molecule has 1 unspecified atom stereocenters. The first-order valence-electron chi connectivity index (χ1n) is 8.93. The lowest BCUT2D eigenvalue weighted by molar-refractivity contribution is 0.179. The van der Waals surface area contributed by atoms with Crippen LogP contribution in [0, 0.1) is 0 Å². The van der Waals surface area contributed by atoms with E-state index in [1.807, 2.05) is 49.4 Å². The highest BCUT2D eigenvalue weighted by Crippen LogP contribution is 2.09. The van der Waals surface area contributed by atoms with Gasteiger partial charge in [0.25, 0.3) is 0 Å². The van der Waals surface area contributed by atoms with Gasteiger partial charge in [-0.3, -0.25) is 4.99 Å². The summed E-state index contributed by atoms with van der Waals surface area (Å²) in [6.07, 6.45) is 1.78. The van der Waals surface area contributed by atoms with Crippen molar-refractivity contribution in [1.82, 2.24) is 15.6 Å². The lowest BCUT2D eigenvalue weighted by atomic mass is 10.3. The fraction of sp³-hybridized carbons (Fsp3) is 0.400. The number of para-hydroxylation sites is 1. The van der Waals surface area contributed by atoms with E-state index in [0.717, 1.165) is 17.3 Å². The lowest BCUT2D eigenvalue weighted by Crippen LogP contribution is -2.43. The summed E-state index contributed by atoms with van der Waals surface area (Å²) in [6.45, 7) is 4.17. The van der Waals surface area contributed by atoms with Crippen molar-refractivity contribution in [2.24, 2.45) is 4.99 Å². The maximum atomic E-state index is 5.60. The molecule has 1 atom stereocenters. The minimum atomic E-state index is 0. The van der Waals surface area contributed by atoms with Crippen LogP contribution in [0.4, 0.5) is 0 Å². The summed E-state index contributed by atoms with van der Waals surface area (Å²) >= 11 is 0. The molecular weight excluding hydrogens is 471 g/mol. The largest absolute Gasteiger partial charge is 0.490 e. The molecule has 154 valence electrons. The zero-order valence-electron chi connectivity index (χ0n) is 16.6. The van der Waals surface area contributed by atoms with E-state index in [1.54, 1.807) is 20.4 Å². The molecule has 0 amide bonds. The number of hydrogen-bond donors (Lipinski definition) is 2. The summed E-state index contributed by atoms with van der Waals surface area (Å²) in [6, 6.07) is 13.7. The van der Waals surface area contributed by atoms with Crippen molar-refractivity contribution in [1.29, 1.82) is 0 Å². The van der Waals surface area contributed by atoms with E-state index in [4.69, 9.17) is 14.2 Å². The maximum absolute atomic E-state index is 5.60. The number of nitrogens with zero attached hydrogens (tertiary/aromatic N) is 2. The van der Waals surface area contributed by atoms with E-state index in [0.29, 0.717) is 32.2 Å². The third kappa shape index (κ3) is 9.23. The smallest absolute Gasteiger partial charge is 0.213 e. The van der Waals surface area contributed by atoms with Crippen LogP contribution in [0.1, 0.15) is 12.5 Å². The van der Waals surface area contributed by atoms with Gasteiger partial charge in [-0.15, -0.1) is 24.0 Å². The minimum Gasteiger partial charge on any atom is -0.490 e. The van der Waals surface area contributed by atoms with Crippen LogP contribution in [-0.4, -0.2) is 51.0 Å². The number of aromatic nitrogens is 1. The Morgan fingerprint density at radius 1 is 1.11 bits per heavy atom. The molecule has 1 aromatic carbocycles. The number of rotatable bonds is 10. The monoisotopic (exact) mass is 500 g/mol. The Kier molecular flexibility index (Phi) is 12.0. The Hall–Kier alpha value is -2.07. The third-order valence-electron chi connectivity index (χ3n) is 3.63. The van der Waals surface area contributed by atoms with Crippen LogP contribution in [-0.2, 0) is 11.3 Å². The Balaban J connectivity index is 0.00000392. The topological polar surface area (TPSA) is 77.0 Å². The average Bonchev–Trinajstić information content (AvgIpc) is 2.70. The molecule has 8 heteroatoms. The maximum Gasteiger partial charge on any atom is 0.213 e. The van der Waals surface area contributed by atoms with Gasteiger partial charge in [-0.25, -0.2) is 4.98 Å². The van der Waals surface area contributed by atoms with Crippen LogP contribution in [0.25, 0.3) is 0 Å². The van der Waals surface area contributed by atoms with E-state index in [-0.39, 0.29) is 30.0 Å². The van der Waals surface area contributed by atoms with Crippen molar-refractivity contribution < 1.29 is 14.2 Å². The molecule has 0 spiro atoms. The van der Waals surface area contributed by atoms with Gasteiger partial charge in [0.15, 0.2) is 5.96 Å². The van der Waals surface area contributed by atoms with Crippen LogP contribution >= 0.6 is 24.0 Å². The fourth-order valence-corrected chi connectivity index (χ4v) is 2.33. The van der Waals surface area contributed by atoms with Crippen molar-refractivity contribution in [3.8, 4) is 11.6 Å². The number of pyridine rings is 1. The van der Waals surface area contributed by atoms with E-state index >= 15 is 0 Å². The highest BCUT2D eigenvalue weighted by atomic mass is 127. The standard InChI is InChI=1S/C20H28N4O3.HI/c1-16(15-25-3)24-20(21-2)23-14-17-9-10-19(22-13-17)27-12-11-26-18-7-5-4-6-8-18;/h4-10,13,16H,11-12,14-15H2,1-3H3,(H2,21,23,24);1H. The number of halogens is 1. The van der Waals surface area contributed by atoms with Gasteiger partial charge >= 0.3 is 0 Å². The van der Waals surface area contributed by atoms with Gasteiger partial charge in [0, 0.05) is 39.0 Å². The first-order valence-corrected chi connectivity index (χ1v) is 8.93. The molecule has 2 aromatic rings. The van der Waals surface area contributed by atoms with Crippen LogP contribution in [0.3, 0.4) is 0 Å². The summed E-state index contributed by atoms with van der Waals surface area (Å²) in [5.74, 6) is 2.13. The van der Waals surface area contributed by atoms with E-state index < -0.39 is 0 Å². The number of nitrogens with one attached hydrogen (secondary N) is 2. The molecule has 0 aliphatic carbocycles. The molecule has 7 nitrogen and oxygen atoms in total. The Labute approximate surface area is 183 Å². The predicted octanol–water partition coefficient (Wildman–Crippen LogP) is 2.86. The highest BCUT2D eigenvalue weighted by Gasteiger charge is 2.05. The molecule has 1 heterocycles. The Bertz CT molecular complexity index is 684. The lowest BCUT2D eigenvalue weighted by Gasteiger charge is -2.17. The number of benzene rings is 1. The van der Waals surface area contributed by atoms with Crippen molar-refractivity contribution in [3.63, 3.8) is 0 Å². The average molecular weight is 500 g/mol. The molecule has 0 saturated heterocycles. The molecule has 2 N–H and O–H groups in total. The molecule has 0 radical (unpaired) electrons. The van der Waals surface area contributed by atoms with E-state index in [1.165, 1.54) is 0 Å². The summed E-state index contributed by atoms with van der Waals surface area (Å²) in [5.41, 5.74) is 1.03. The summed E-state index contributed by atoms with van der Waals surface area (Å²) in [7, 11) is 3.42. The van der Waals surface area contributed by atoms with Crippen molar-refractivity contribution in [2.45, 2.75) is 19.5 Å². The van der Waals surface area contributed by atoms with Crippen LogP contribution in [0.5, 0.6) is 11.6 Å². The number of aliphatic imine (C=N–C) groups is 1. The molecule has 28 heavy (non-hydrogen) atoms. The Morgan fingerprint density at radius 2 is 1.86 bits per heavy atom. The second-order valence-corrected chi connectivity index (χ2v) is 5.94. The molecule has 1 aromatic heterocycles. The van der Waals surface area contributed by atoms with Crippen molar-refractivity contribution in [3.05, 3.63) is 54.2 Å². The van der Waals surface area contributed by atoms with Crippen molar-refractivity contribution in [2.75, 3.05) is 34.0 Å². The van der Waals surface area contributed by atoms with Gasteiger partial charge in [0.05, 0.1) is 6.61 Å². The minimum absolute atomic E-state index is 0. The van der Waals surface area contributed by atoms with Crippen molar-refractivity contribution >= 4 is 29.9 Å². The number of hydrogen-bond acceptors (Lipinski definition) is 5. The quantitative estimate of drug-likeness (QED) is 0.226. The number of guanidine groups is 1. The van der Waals surface area contributed by atoms with Gasteiger partial charge in [-0.2, -0.15) is 0 Å². The molecule has 2 rings (SSSR count). The third-order valence-corrected chi connectivity index (χ3v) is 3.63. The second-order valence-electron chi connectivity index (χ2n) is 5.94. The molecule has 0 fully saturated rings. The number of ether oxygens (including phenoxy) is 3. The molecule has 0 bridgehead atoms. The zero-order chi connectivity index (χ0) is 19.3. The zero-order valence-corrected chi connectivity index (χ0v) is 18.9. The molecule has 0 aliphatic rings.